The van der Waals surface area contributed by atoms with Gasteiger partial charge in [0.05, 0.1) is 0 Å². The largest absolute Gasteiger partial charge is 0.396 e. The van der Waals surface area contributed by atoms with Crippen molar-refractivity contribution in [1.29, 1.82) is 0 Å². The summed E-state index contributed by atoms with van der Waals surface area (Å²) in [7, 11) is 0. The zero-order valence-electron chi connectivity index (χ0n) is 7.50. The number of hydrogen-bond donors (Lipinski definition) is 2. The van der Waals surface area contributed by atoms with Gasteiger partial charge in [-0.05, 0) is 6.42 Å². The minimum atomic E-state index is 0.262. The van der Waals surface area contributed by atoms with Crippen molar-refractivity contribution in [2.45, 2.75) is 6.42 Å². The molecule has 70 valence electrons. The molecular formula is C9H18N2O. The van der Waals surface area contributed by atoms with Crippen molar-refractivity contribution in [3.63, 3.8) is 0 Å². The number of nitrogens with one attached hydrogen (secondary N) is 1. The molecule has 12 heavy (non-hydrogen) atoms. The monoisotopic (exact) mass is 170 g/mol. The van der Waals surface area contributed by atoms with Crippen LogP contribution in [-0.4, -0.2) is 49.3 Å². The number of aliphatic hydroxyl groups is 1. The van der Waals surface area contributed by atoms with Crippen LogP contribution in [0, 0.1) is 0 Å². The van der Waals surface area contributed by atoms with Crippen LogP contribution in [-0.2, 0) is 0 Å². The van der Waals surface area contributed by atoms with E-state index in [2.05, 4.69) is 16.3 Å². The van der Waals surface area contributed by atoms with E-state index in [1.807, 2.05) is 6.08 Å². The number of nitrogens with zero attached hydrogens (tertiary/aromatic N) is 1. The van der Waals surface area contributed by atoms with Crippen molar-refractivity contribution in [3.05, 3.63) is 12.2 Å². The Bertz CT molecular complexity index is 130. The summed E-state index contributed by atoms with van der Waals surface area (Å²) >= 11 is 0. The Morgan fingerprint density at radius 3 is 2.67 bits per heavy atom. The Balaban J connectivity index is 2.04. The molecule has 0 radical (unpaired) electrons. The fourth-order valence-electron chi connectivity index (χ4n) is 1.31. The average Bonchev–Trinajstić information content (AvgIpc) is 2.14. The van der Waals surface area contributed by atoms with Crippen molar-refractivity contribution in [2.75, 3.05) is 39.3 Å². The zero-order chi connectivity index (χ0) is 8.65. The molecule has 1 aliphatic heterocycles. The van der Waals surface area contributed by atoms with Gasteiger partial charge in [-0.25, -0.2) is 0 Å². The molecule has 1 fully saturated rings. The first kappa shape index (κ1) is 9.71. The van der Waals surface area contributed by atoms with E-state index in [0.717, 1.165) is 39.1 Å². The second kappa shape index (κ2) is 6.17. The lowest BCUT2D eigenvalue weighted by atomic mass is 10.3. The molecule has 0 aromatic carbocycles. The van der Waals surface area contributed by atoms with E-state index in [1.54, 1.807) is 0 Å². The van der Waals surface area contributed by atoms with Crippen LogP contribution >= 0.6 is 0 Å². The van der Waals surface area contributed by atoms with Gasteiger partial charge in [-0.1, -0.05) is 12.2 Å². The summed E-state index contributed by atoms with van der Waals surface area (Å²) in [5.74, 6) is 0. The first-order valence-corrected chi connectivity index (χ1v) is 4.62. The van der Waals surface area contributed by atoms with Gasteiger partial charge in [0.2, 0.25) is 0 Å². The molecule has 3 nitrogen and oxygen atoms in total. The lowest BCUT2D eigenvalue weighted by Crippen LogP contribution is -2.43. The first-order valence-electron chi connectivity index (χ1n) is 4.62. The van der Waals surface area contributed by atoms with Crippen LogP contribution in [0.1, 0.15) is 6.42 Å². The number of aliphatic hydroxyl groups excluding tert-OH is 1. The van der Waals surface area contributed by atoms with Crippen LogP contribution in [0.15, 0.2) is 12.2 Å². The van der Waals surface area contributed by atoms with Gasteiger partial charge >= 0.3 is 0 Å². The molecule has 0 saturated carbocycles. The maximum Gasteiger partial charge on any atom is 0.0465 e. The minimum Gasteiger partial charge on any atom is -0.396 e. The van der Waals surface area contributed by atoms with Crippen molar-refractivity contribution in [2.24, 2.45) is 0 Å². The molecular weight excluding hydrogens is 152 g/mol. The number of rotatable bonds is 4. The van der Waals surface area contributed by atoms with Crippen LogP contribution < -0.4 is 5.32 Å². The van der Waals surface area contributed by atoms with Gasteiger partial charge in [0, 0.05) is 39.3 Å². The van der Waals surface area contributed by atoms with Crippen molar-refractivity contribution < 1.29 is 5.11 Å². The second-order valence-electron chi connectivity index (χ2n) is 3.03. The predicted molar refractivity (Wildman–Crippen MR) is 50.2 cm³/mol. The van der Waals surface area contributed by atoms with Crippen LogP contribution in [0.4, 0.5) is 0 Å². The Kier molecular flexibility index (Phi) is 4.99. The van der Waals surface area contributed by atoms with Crippen molar-refractivity contribution in [1.82, 2.24) is 10.2 Å². The molecule has 1 saturated heterocycles. The Morgan fingerprint density at radius 1 is 1.25 bits per heavy atom. The summed E-state index contributed by atoms with van der Waals surface area (Å²) < 4.78 is 0. The topological polar surface area (TPSA) is 35.5 Å². The molecule has 1 rings (SSSR count). The molecule has 1 heterocycles. The van der Waals surface area contributed by atoms with Gasteiger partial charge < -0.3 is 10.4 Å². The van der Waals surface area contributed by atoms with E-state index < -0.39 is 0 Å². The maximum absolute atomic E-state index is 8.53. The third kappa shape index (κ3) is 3.85. The summed E-state index contributed by atoms with van der Waals surface area (Å²) in [6.45, 7) is 5.79. The molecule has 0 amide bonds. The fourth-order valence-corrected chi connectivity index (χ4v) is 1.31. The Hall–Kier alpha value is -0.380. The highest BCUT2D eigenvalue weighted by Gasteiger charge is 2.05. The van der Waals surface area contributed by atoms with Gasteiger partial charge in [-0.15, -0.1) is 0 Å². The third-order valence-corrected chi connectivity index (χ3v) is 2.04. The summed E-state index contributed by atoms with van der Waals surface area (Å²) in [6.07, 6.45) is 4.97. The normalized spacial score (nSPS) is 20.4. The summed E-state index contributed by atoms with van der Waals surface area (Å²) in [6, 6.07) is 0. The van der Waals surface area contributed by atoms with Crippen molar-refractivity contribution in [3.8, 4) is 0 Å². The van der Waals surface area contributed by atoms with E-state index in [4.69, 9.17) is 5.11 Å². The van der Waals surface area contributed by atoms with Crippen LogP contribution in [0.3, 0.4) is 0 Å². The summed E-state index contributed by atoms with van der Waals surface area (Å²) in [5.41, 5.74) is 0. The molecule has 0 aromatic rings. The molecule has 0 spiro atoms. The lowest BCUT2D eigenvalue weighted by Gasteiger charge is -2.25. The quantitative estimate of drug-likeness (QED) is 0.575. The molecule has 0 aliphatic carbocycles. The van der Waals surface area contributed by atoms with E-state index in [-0.39, 0.29) is 6.61 Å². The SMILES string of the molecule is OCC/C=C\CN1CCNCC1. The van der Waals surface area contributed by atoms with E-state index in [1.165, 1.54) is 0 Å². The van der Waals surface area contributed by atoms with Gasteiger partial charge in [0.25, 0.3) is 0 Å². The Morgan fingerprint density at radius 2 is 2.00 bits per heavy atom. The van der Waals surface area contributed by atoms with Crippen LogP contribution in [0.25, 0.3) is 0 Å². The number of piperazine rings is 1. The lowest BCUT2D eigenvalue weighted by molar-refractivity contribution is 0.264. The highest BCUT2D eigenvalue weighted by molar-refractivity contribution is 4.85. The summed E-state index contributed by atoms with van der Waals surface area (Å²) in [4.78, 5) is 2.41. The van der Waals surface area contributed by atoms with Gasteiger partial charge in [0.15, 0.2) is 0 Å². The average molecular weight is 170 g/mol. The van der Waals surface area contributed by atoms with Gasteiger partial charge in [0.1, 0.15) is 0 Å². The first-order chi connectivity index (χ1) is 5.93. The fraction of sp³-hybridized carbons (Fsp3) is 0.778. The molecule has 0 atom stereocenters. The minimum absolute atomic E-state index is 0.262. The Labute approximate surface area is 74.1 Å². The molecule has 1 aliphatic rings. The smallest absolute Gasteiger partial charge is 0.0465 e. The predicted octanol–water partition coefficient (Wildman–Crippen LogP) is -0.170. The highest BCUT2D eigenvalue weighted by Crippen LogP contribution is 1.92. The zero-order valence-corrected chi connectivity index (χ0v) is 7.50. The maximum atomic E-state index is 8.53. The molecule has 0 bridgehead atoms. The number of hydrogen-bond acceptors (Lipinski definition) is 3. The third-order valence-electron chi connectivity index (χ3n) is 2.04. The second-order valence-corrected chi connectivity index (χ2v) is 3.03. The van der Waals surface area contributed by atoms with Crippen LogP contribution in [0.2, 0.25) is 0 Å². The van der Waals surface area contributed by atoms with Crippen molar-refractivity contribution >= 4 is 0 Å². The highest BCUT2D eigenvalue weighted by atomic mass is 16.2. The van der Waals surface area contributed by atoms with E-state index >= 15 is 0 Å². The van der Waals surface area contributed by atoms with E-state index in [9.17, 15) is 0 Å². The van der Waals surface area contributed by atoms with Crippen LogP contribution in [0.5, 0.6) is 0 Å². The van der Waals surface area contributed by atoms with Gasteiger partial charge in [-0.2, -0.15) is 0 Å². The molecule has 3 heteroatoms. The molecule has 0 aromatic heterocycles. The van der Waals surface area contributed by atoms with Gasteiger partial charge in [-0.3, -0.25) is 4.90 Å². The van der Waals surface area contributed by atoms with E-state index in [0.29, 0.717) is 0 Å². The summed E-state index contributed by atoms with van der Waals surface area (Å²) in [5, 5.41) is 11.8. The molecule has 0 unspecified atom stereocenters. The standard InChI is InChI=1S/C9H18N2O/c12-9-3-1-2-6-11-7-4-10-5-8-11/h1-2,10,12H,3-9H2/b2-1-. The molecule has 2 N–H and O–H groups in total.